The summed E-state index contributed by atoms with van der Waals surface area (Å²) in [6, 6.07) is 4.77. The summed E-state index contributed by atoms with van der Waals surface area (Å²) in [6.07, 6.45) is 1.69. The maximum atomic E-state index is 12.5. The number of ether oxygens (including phenoxy) is 1. The van der Waals surface area contributed by atoms with E-state index in [9.17, 15) is 9.59 Å². The Labute approximate surface area is 140 Å². The molecule has 2 amide bonds. The minimum Gasteiger partial charge on any atom is -0.495 e. The highest BCUT2D eigenvalue weighted by Crippen LogP contribution is 2.27. The number of anilines is 1. The third-order valence-corrected chi connectivity index (χ3v) is 4.62. The first kappa shape index (κ1) is 17.6. The minimum atomic E-state index is -0.291. The van der Waals surface area contributed by atoms with Crippen LogP contribution in [-0.4, -0.2) is 38.1 Å². The van der Waals surface area contributed by atoms with Gasteiger partial charge in [-0.05, 0) is 38.0 Å². The Bertz CT molecular complexity index is 594. The average Bonchev–Trinajstić information content (AvgIpc) is 2.54. The zero-order valence-corrected chi connectivity index (χ0v) is 14.2. The molecule has 0 radical (unpaired) electrons. The summed E-state index contributed by atoms with van der Waals surface area (Å²) >= 11 is 5.98. The Hall–Kier alpha value is -1.79. The second-order valence-electron chi connectivity index (χ2n) is 5.91. The van der Waals surface area contributed by atoms with E-state index in [1.54, 1.807) is 18.2 Å². The topological polar surface area (TPSA) is 85.9 Å². The van der Waals surface area contributed by atoms with Crippen molar-refractivity contribution in [3.8, 4) is 5.75 Å². The van der Waals surface area contributed by atoms with Gasteiger partial charge >= 0.3 is 0 Å². The van der Waals surface area contributed by atoms with Crippen molar-refractivity contribution in [2.75, 3.05) is 25.5 Å². The predicted octanol–water partition coefficient (Wildman–Crippen LogP) is 0.456. The lowest BCUT2D eigenvalue weighted by Crippen LogP contribution is -3.18. The molecule has 7 heteroatoms. The number of carbonyl (C=O) groups is 2. The molecule has 3 atom stereocenters. The molecule has 2 rings (SSSR count). The van der Waals surface area contributed by atoms with Gasteiger partial charge in [0, 0.05) is 5.02 Å². The number of primary amides is 1. The van der Waals surface area contributed by atoms with Crippen molar-refractivity contribution in [3.05, 3.63) is 23.2 Å². The zero-order chi connectivity index (χ0) is 17.0. The van der Waals surface area contributed by atoms with Crippen molar-refractivity contribution in [3.63, 3.8) is 0 Å². The Kier molecular flexibility index (Phi) is 5.85. The monoisotopic (exact) mass is 340 g/mol. The van der Waals surface area contributed by atoms with Crippen LogP contribution in [0, 0.1) is 5.92 Å². The van der Waals surface area contributed by atoms with E-state index in [0.717, 1.165) is 24.3 Å². The van der Waals surface area contributed by atoms with Gasteiger partial charge in [-0.1, -0.05) is 11.6 Å². The van der Waals surface area contributed by atoms with Crippen LogP contribution >= 0.6 is 11.6 Å². The number of likely N-dealkylation sites (tertiary alicyclic amines) is 1. The fourth-order valence-corrected chi connectivity index (χ4v) is 3.11. The summed E-state index contributed by atoms with van der Waals surface area (Å²) in [5.41, 5.74) is 5.94. The molecule has 23 heavy (non-hydrogen) atoms. The van der Waals surface area contributed by atoms with Crippen LogP contribution in [0.4, 0.5) is 5.69 Å². The van der Waals surface area contributed by atoms with Crippen molar-refractivity contribution in [1.82, 2.24) is 0 Å². The molecule has 1 fully saturated rings. The second kappa shape index (κ2) is 7.66. The van der Waals surface area contributed by atoms with Gasteiger partial charge in [0.1, 0.15) is 5.75 Å². The first-order chi connectivity index (χ1) is 10.9. The van der Waals surface area contributed by atoms with E-state index in [0.29, 0.717) is 23.0 Å². The number of benzene rings is 1. The number of nitrogens with two attached hydrogens (primary N) is 1. The first-order valence-corrected chi connectivity index (χ1v) is 8.08. The molecular formula is C16H23ClN3O3+. The molecule has 0 spiro atoms. The molecule has 1 aliphatic heterocycles. The Morgan fingerprint density at radius 1 is 1.48 bits per heavy atom. The SMILES string of the molecule is COc1ccc(Cl)cc1NC(=O)[C@H](C)[NH+]1CCC[C@H](C(N)=O)C1. The Morgan fingerprint density at radius 3 is 2.87 bits per heavy atom. The van der Waals surface area contributed by atoms with E-state index < -0.39 is 0 Å². The fraction of sp³-hybridized carbons (Fsp3) is 0.500. The molecule has 1 aromatic rings. The van der Waals surface area contributed by atoms with Crippen molar-refractivity contribution in [2.24, 2.45) is 11.7 Å². The van der Waals surface area contributed by atoms with Crippen LogP contribution in [0.2, 0.25) is 5.02 Å². The summed E-state index contributed by atoms with van der Waals surface area (Å²) < 4.78 is 5.23. The van der Waals surface area contributed by atoms with E-state index >= 15 is 0 Å². The smallest absolute Gasteiger partial charge is 0.282 e. The summed E-state index contributed by atoms with van der Waals surface area (Å²) in [7, 11) is 1.54. The van der Waals surface area contributed by atoms with E-state index in [4.69, 9.17) is 22.1 Å². The molecule has 0 bridgehead atoms. The normalized spacial score (nSPS) is 22.2. The zero-order valence-electron chi connectivity index (χ0n) is 13.4. The van der Waals surface area contributed by atoms with Gasteiger partial charge in [0.25, 0.3) is 5.91 Å². The van der Waals surface area contributed by atoms with Gasteiger partial charge in [-0.25, -0.2) is 0 Å². The number of halogens is 1. The summed E-state index contributed by atoms with van der Waals surface area (Å²) in [4.78, 5) is 25.0. The highest BCUT2D eigenvalue weighted by molar-refractivity contribution is 6.31. The number of piperidine rings is 1. The maximum absolute atomic E-state index is 12.5. The van der Waals surface area contributed by atoms with Gasteiger partial charge in [0.2, 0.25) is 5.91 Å². The van der Waals surface area contributed by atoms with Crippen LogP contribution in [0.3, 0.4) is 0 Å². The van der Waals surface area contributed by atoms with Crippen molar-refractivity contribution < 1.29 is 19.2 Å². The number of rotatable bonds is 5. The number of amides is 2. The molecule has 126 valence electrons. The van der Waals surface area contributed by atoms with Gasteiger partial charge in [0.15, 0.2) is 6.04 Å². The highest BCUT2D eigenvalue weighted by atomic mass is 35.5. The molecule has 1 unspecified atom stereocenters. The average molecular weight is 341 g/mol. The molecule has 6 nitrogen and oxygen atoms in total. The molecule has 4 N–H and O–H groups in total. The van der Waals surface area contributed by atoms with Gasteiger partial charge in [0.05, 0.1) is 31.8 Å². The van der Waals surface area contributed by atoms with Crippen molar-refractivity contribution >= 4 is 29.1 Å². The largest absolute Gasteiger partial charge is 0.495 e. The third kappa shape index (κ3) is 4.36. The van der Waals surface area contributed by atoms with Crippen LogP contribution in [-0.2, 0) is 9.59 Å². The van der Waals surface area contributed by atoms with Crippen LogP contribution in [0.1, 0.15) is 19.8 Å². The second-order valence-corrected chi connectivity index (χ2v) is 6.35. The quantitative estimate of drug-likeness (QED) is 0.727. The highest BCUT2D eigenvalue weighted by Gasteiger charge is 2.33. The van der Waals surface area contributed by atoms with Gasteiger partial charge in [-0.3, -0.25) is 9.59 Å². The lowest BCUT2D eigenvalue weighted by molar-refractivity contribution is -0.921. The lowest BCUT2D eigenvalue weighted by atomic mass is 9.96. The molecular weight excluding hydrogens is 318 g/mol. The standard InChI is InChI=1S/C16H22ClN3O3/c1-10(20-7-3-4-11(9-20)15(18)21)16(22)19-13-8-12(17)5-6-14(13)23-2/h5-6,8,10-11H,3-4,7,9H2,1-2H3,(H2,18,21)(H,19,22)/p+1/t10-,11-/m0/s1. The molecule has 0 aromatic heterocycles. The number of methoxy groups -OCH3 is 1. The van der Waals surface area contributed by atoms with Gasteiger partial charge in [-0.2, -0.15) is 0 Å². The molecule has 0 aliphatic carbocycles. The summed E-state index contributed by atoms with van der Waals surface area (Å²) in [5.74, 6) is -0.0229. The fourth-order valence-electron chi connectivity index (χ4n) is 2.94. The van der Waals surface area contributed by atoms with Crippen molar-refractivity contribution in [2.45, 2.75) is 25.8 Å². The van der Waals surface area contributed by atoms with Crippen LogP contribution < -0.4 is 20.7 Å². The Morgan fingerprint density at radius 2 is 2.22 bits per heavy atom. The first-order valence-electron chi connectivity index (χ1n) is 7.70. The summed E-state index contributed by atoms with van der Waals surface area (Å²) in [6.45, 7) is 3.30. The number of carbonyl (C=O) groups excluding carboxylic acids is 2. The minimum absolute atomic E-state index is 0.134. The van der Waals surface area contributed by atoms with Crippen LogP contribution in [0.15, 0.2) is 18.2 Å². The van der Waals surface area contributed by atoms with E-state index in [1.807, 2.05) is 6.92 Å². The molecule has 1 aliphatic rings. The maximum Gasteiger partial charge on any atom is 0.282 e. The molecule has 1 heterocycles. The van der Waals surface area contributed by atoms with E-state index in [-0.39, 0.29) is 23.8 Å². The summed E-state index contributed by atoms with van der Waals surface area (Å²) in [5, 5.41) is 3.38. The predicted molar refractivity (Wildman–Crippen MR) is 88.7 cm³/mol. The van der Waals surface area contributed by atoms with Gasteiger partial charge in [-0.15, -0.1) is 0 Å². The van der Waals surface area contributed by atoms with Crippen LogP contribution in [0.25, 0.3) is 0 Å². The van der Waals surface area contributed by atoms with Crippen molar-refractivity contribution in [1.29, 1.82) is 0 Å². The van der Waals surface area contributed by atoms with Crippen LogP contribution in [0.5, 0.6) is 5.75 Å². The number of quaternary nitrogens is 1. The van der Waals surface area contributed by atoms with E-state index in [1.165, 1.54) is 7.11 Å². The molecule has 1 saturated heterocycles. The molecule has 1 aromatic carbocycles. The molecule has 0 saturated carbocycles. The Balaban J connectivity index is 2.05. The number of nitrogens with one attached hydrogen (secondary N) is 2. The number of hydrogen-bond donors (Lipinski definition) is 3. The lowest BCUT2D eigenvalue weighted by Gasteiger charge is -2.32. The number of hydrogen-bond acceptors (Lipinski definition) is 3. The third-order valence-electron chi connectivity index (χ3n) is 4.39. The van der Waals surface area contributed by atoms with Gasteiger partial charge < -0.3 is 20.7 Å². The van der Waals surface area contributed by atoms with E-state index in [2.05, 4.69) is 5.32 Å².